The summed E-state index contributed by atoms with van der Waals surface area (Å²) in [6.45, 7) is 4.26. The first-order chi connectivity index (χ1) is 7.86. The monoisotopic (exact) mass is 247 g/mol. The van der Waals surface area contributed by atoms with Gasteiger partial charge < -0.3 is 14.5 Å². The van der Waals surface area contributed by atoms with E-state index in [-0.39, 0.29) is 0 Å². The molecule has 1 aromatic heterocycles. The van der Waals surface area contributed by atoms with E-state index in [1.807, 2.05) is 0 Å². The minimum atomic E-state index is 0.430. The number of ether oxygens (including phenoxy) is 1. The van der Waals surface area contributed by atoms with Crippen molar-refractivity contribution in [3.8, 4) is 0 Å². The predicted molar refractivity (Wildman–Crippen MR) is 62.9 cm³/mol. The van der Waals surface area contributed by atoms with Crippen LogP contribution < -0.4 is 5.32 Å². The lowest BCUT2D eigenvalue weighted by molar-refractivity contribution is 0.140. The highest BCUT2D eigenvalue weighted by molar-refractivity contribution is 6.17. The molecule has 1 heterocycles. The Kier molecular flexibility index (Phi) is 6.92. The van der Waals surface area contributed by atoms with Gasteiger partial charge in [0.25, 0.3) is 0 Å². The zero-order valence-electron chi connectivity index (χ0n) is 9.54. The Morgan fingerprint density at radius 3 is 3.00 bits per heavy atom. The first-order valence-corrected chi connectivity index (χ1v) is 6.10. The van der Waals surface area contributed by atoms with Gasteiger partial charge in [-0.05, 0) is 6.42 Å². The molecule has 1 rings (SSSR count). The fraction of sp³-hybridized carbons (Fsp3) is 0.800. The van der Waals surface area contributed by atoms with Gasteiger partial charge in [0.1, 0.15) is 0 Å². The van der Waals surface area contributed by atoms with E-state index in [1.165, 1.54) is 0 Å². The fourth-order valence-electron chi connectivity index (χ4n) is 1.09. The molecule has 16 heavy (non-hydrogen) atoms. The Morgan fingerprint density at radius 1 is 1.38 bits per heavy atom. The summed E-state index contributed by atoms with van der Waals surface area (Å²) in [7, 11) is 0. The molecule has 0 radical (unpaired) electrons. The van der Waals surface area contributed by atoms with Crippen molar-refractivity contribution in [2.45, 2.75) is 26.2 Å². The average Bonchev–Trinajstić information content (AvgIpc) is 2.72. The molecule has 0 aliphatic carbocycles. The smallest absolute Gasteiger partial charge is 0.315 e. The zero-order valence-corrected chi connectivity index (χ0v) is 10.3. The number of nitrogens with one attached hydrogen (secondary N) is 1. The van der Waals surface area contributed by atoms with Crippen LogP contribution in [0.1, 0.15) is 25.7 Å². The van der Waals surface area contributed by atoms with E-state index in [1.54, 1.807) is 0 Å². The van der Waals surface area contributed by atoms with Crippen LogP contribution in [0.15, 0.2) is 4.42 Å². The summed E-state index contributed by atoms with van der Waals surface area (Å²) in [6.07, 6.45) is 2.85. The number of hydrogen-bond acceptors (Lipinski definition) is 5. The molecule has 1 aromatic rings. The lowest BCUT2D eigenvalue weighted by Gasteiger charge is -2.02. The summed E-state index contributed by atoms with van der Waals surface area (Å²) in [5, 5.41) is 10.6. The van der Waals surface area contributed by atoms with E-state index < -0.39 is 0 Å². The van der Waals surface area contributed by atoms with Gasteiger partial charge in [0, 0.05) is 25.5 Å². The second-order valence-corrected chi connectivity index (χ2v) is 3.71. The van der Waals surface area contributed by atoms with Crippen molar-refractivity contribution in [2.24, 2.45) is 0 Å². The fourth-order valence-corrected chi connectivity index (χ4v) is 1.25. The number of aromatic nitrogens is 2. The molecule has 0 bridgehead atoms. The minimum absolute atomic E-state index is 0.430. The SMILES string of the molecule is CCCCOCCNc1nnc(CCCl)o1. The normalized spacial score (nSPS) is 10.6. The predicted octanol–water partition coefficient (Wildman–Crippen LogP) is 2.08. The maximum absolute atomic E-state index is 5.55. The highest BCUT2D eigenvalue weighted by atomic mass is 35.5. The van der Waals surface area contributed by atoms with E-state index in [0.29, 0.717) is 37.4 Å². The second-order valence-electron chi connectivity index (χ2n) is 3.33. The molecule has 5 nitrogen and oxygen atoms in total. The van der Waals surface area contributed by atoms with Gasteiger partial charge in [0.2, 0.25) is 5.89 Å². The molecule has 0 saturated carbocycles. The maximum atomic E-state index is 5.55. The average molecular weight is 248 g/mol. The van der Waals surface area contributed by atoms with Crippen LogP contribution in [0.3, 0.4) is 0 Å². The molecule has 0 aliphatic rings. The van der Waals surface area contributed by atoms with Gasteiger partial charge in [0.05, 0.1) is 6.61 Å². The molecule has 1 N–H and O–H groups in total. The van der Waals surface area contributed by atoms with Crippen molar-refractivity contribution in [3.63, 3.8) is 0 Å². The van der Waals surface area contributed by atoms with Crippen molar-refractivity contribution in [3.05, 3.63) is 5.89 Å². The Labute approximate surface area is 101 Å². The van der Waals surface area contributed by atoms with Crippen LogP contribution in [0.2, 0.25) is 0 Å². The summed E-state index contributed by atoms with van der Waals surface area (Å²) in [5.74, 6) is 1.05. The highest BCUT2D eigenvalue weighted by Gasteiger charge is 2.03. The van der Waals surface area contributed by atoms with Gasteiger partial charge in [0.15, 0.2) is 0 Å². The Bertz CT molecular complexity index is 281. The zero-order chi connectivity index (χ0) is 11.6. The highest BCUT2D eigenvalue weighted by Crippen LogP contribution is 2.05. The Morgan fingerprint density at radius 2 is 2.25 bits per heavy atom. The van der Waals surface area contributed by atoms with Gasteiger partial charge in [-0.15, -0.1) is 16.7 Å². The molecule has 0 aliphatic heterocycles. The van der Waals surface area contributed by atoms with E-state index in [9.17, 15) is 0 Å². The van der Waals surface area contributed by atoms with Gasteiger partial charge in [-0.3, -0.25) is 0 Å². The van der Waals surface area contributed by atoms with Crippen molar-refractivity contribution >= 4 is 17.6 Å². The number of unbranched alkanes of at least 4 members (excludes halogenated alkanes) is 1. The third kappa shape index (κ3) is 5.32. The van der Waals surface area contributed by atoms with Crippen LogP contribution in [0.25, 0.3) is 0 Å². The molecule has 0 fully saturated rings. The van der Waals surface area contributed by atoms with Gasteiger partial charge >= 0.3 is 6.01 Å². The standard InChI is InChI=1S/C10H18ClN3O2/c1-2-3-7-15-8-6-12-10-14-13-9(16-10)4-5-11/h2-8H2,1H3,(H,12,14). The van der Waals surface area contributed by atoms with E-state index >= 15 is 0 Å². The van der Waals surface area contributed by atoms with E-state index in [4.69, 9.17) is 20.8 Å². The van der Waals surface area contributed by atoms with Crippen LogP contribution >= 0.6 is 11.6 Å². The number of nitrogens with zero attached hydrogens (tertiary/aromatic N) is 2. The molecule has 92 valence electrons. The molecular weight excluding hydrogens is 230 g/mol. The van der Waals surface area contributed by atoms with Crippen LogP contribution in [0, 0.1) is 0 Å². The van der Waals surface area contributed by atoms with Crippen LogP contribution in [0.5, 0.6) is 0 Å². The number of hydrogen-bond donors (Lipinski definition) is 1. The van der Waals surface area contributed by atoms with Crippen molar-refractivity contribution in [1.82, 2.24) is 10.2 Å². The van der Waals surface area contributed by atoms with Crippen molar-refractivity contribution < 1.29 is 9.15 Å². The minimum Gasteiger partial charge on any atom is -0.408 e. The third-order valence-corrected chi connectivity index (χ3v) is 2.13. The molecule has 0 saturated heterocycles. The summed E-state index contributed by atoms with van der Waals surface area (Å²) >= 11 is 5.55. The molecule has 6 heteroatoms. The van der Waals surface area contributed by atoms with Gasteiger partial charge in [-0.2, -0.15) is 0 Å². The molecule has 0 unspecified atom stereocenters. The quantitative estimate of drug-likeness (QED) is 0.535. The first kappa shape index (κ1) is 13.3. The lowest BCUT2D eigenvalue weighted by Crippen LogP contribution is -2.10. The van der Waals surface area contributed by atoms with E-state index in [2.05, 4.69) is 22.4 Å². The summed E-state index contributed by atoms with van der Waals surface area (Å²) < 4.78 is 10.7. The van der Waals surface area contributed by atoms with Gasteiger partial charge in [-0.1, -0.05) is 18.4 Å². The largest absolute Gasteiger partial charge is 0.408 e. The van der Waals surface area contributed by atoms with Crippen molar-refractivity contribution in [1.29, 1.82) is 0 Å². The number of alkyl halides is 1. The third-order valence-electron chi connectivity index (χ3n) is 1.94. The Hall–Kier alpha value is -0.810. The van der Waals surface area contributed by atoms with E-state index in [0.717, 1.165) is 19.4 Å². The number of halogens is 1. The second kappa shape index (κ2) is 8.35. The number of anilines is 1. The summed E-state index contributed by atoms with van der Waals surface area (Å²) in [4.78, 5) is 0. The lowest BCUT2D eigenvalue weighted by atomic mass is 10.4. The molecule has 0 spiro atoms. The van der Waals surface area contributed by atoms with Crippen LogP contribution in [-0.2, 0) is 11.2 Å². The van der Waals surface area contributed by atoms with Crippen molar-refractivity contribution in [2.75, 3.05) is 31.0 Å². The molecular formula is C10H18ClN3O2. The number of rotatable bonds is 9. The summed E-state index contributed by atoms with van der Waals surface area (Å²) in [6, 6.07) is 0.430. The summed E-state index contributed by atoms with van der Waals surface area (Å²) in [5.41, 5.74) is 0. The Balaban J connectivity index is 2.07. The van der Waals surface area contributed by atoms with Crippen LogP contribution in [-0.4, -0.2) is 35.8 Å². The van der Waals surface area contributed by atoms with Gasteiger partial charge in [-0.25, -0.2) is 0 Å². The van der Waals surface area contributed by atoms with Crippen LogP contribution in [0.4, 0.5) is 6.01 Å². The first-order valence-electron chi connectivity index (χ1n) is 5.56. The number of aryl methyl sites for hydroxylation is 1. The molecule has 0 aromatic carbocycles. The maximum Gasteiger partial charge on any atom is 0.315 e. The topological polar surface area (TPSA) is 60.2 Å². The molecule has 0 atom stereocenters. The molecule has 0 amide bonds.